The Morgan fingerprint density at radius 1 is 1.19 bits per heavy atom. The number of pyridine rings is 1. The molecule has 0 saturated heterocycles. The van der Waals surface area contributed by atoms with E-state index in [0.29, 0.717) is 35.2 Å². The monoisotopic (exact) mass is 375 g/mol. The van der Waals surface area contributed by atoms with E-state index in [-0.39, 0.29) is 5.97 Å². The van der Waals surface area contributed by atoms with E-state index in [1.165, 1.54) is 7.11 Å². The molecule has 0 fully saturated rings. The highest BCUT2D eigenvalue weighted by Gasteiger charge is 2.46. The third kappa shape index (κ3) is 3.09. The van der Waals surface area contributed by atoms with Crippen LogP contribution in [0.2, 0.25) is 16.6 Å². The number of carbonyl (C=O) groups excluding carboxylic acids is 1. The van der Waals surface area contributed by atoms with Crippen molar-refractivity contribution in [3.8, 4) is 0 Å². The van der Waals surface area contributed by atoms with Gasteiger partial charge in [0.15, 0.2) is 8.24 Å². The lowest BCUT2D eigenvalue weighted by molar-refractivity contribution is 0.0599. The van der Waals surface area contributed by atoms with Crippen molar-refractivity contribution in [2.75, 3.05) is 13.7 Å². The summed E-state index contributed by atoms with van der Waals surface area (Å²) in [5, 5.41) is 1.03. The Bertz CT molecular complexity index is 759. The predicted molar refractivity (Wildman–Crippen MR) is 110 cm³/mol. The molecule has 0 aliphatic carbocycles. The summed E-state index contributed by atoms with van der Waals surface area (Å²) in [6.07, 6.45) is 4.48. The molecule has 26 heavy (non-hydrogen) atoms. The molecule has 0 unspecified atom stereocenters. The molecule has 2 aromatic rings. The van der Waals surface area contributed by atoms with Gasteiger partial charge in [-0.2, -0.15) is 0 Å². The number of ether oxygens (including phenoxy) is 1. The molecule has 0 radical (unpaired) electrons. The van der Waals surface area contributed by atoms with Gasteiger partial charge in [0.2, 0.25) is 0 Å². The summed E-state index contributed by atoms with van der Waals surface area (Å²) < 4.78 is 7.40. The molecule has 0 spiro atoms. The summed E-state index contributed by atoms with van der Waals surface area (Å²) in [4.78, 5) is 16.9. The lowest BCUT2D eigenvalue weighted by Gasteiger charge is -2.44. The second-order valence-electron chi connectivity index (χ2n) is 7.96. The Kier molecular flexibility index (Phi) is 6.29. The second-order valence-corrected chi connectivity index (χ2v) is 13.7. The van der Waals surface area contributed by atoms with Gasteiger partial charge in [-0.1, -0.05) is 41.5 Å². The van der Waals surface area contributed by atoms with Crippen LogP contribution in [0, 0.1) is 0 Å². The summed E-state index contributed by atoms with van der Waals surface area (Å²) in [5.41, 5.74) is 9.98. The molecule has 2 heterocycles. The summed E-state index contributed by atoms with van der Waals surface area (Å²) in [7, 11) is -0.507. The molecule has 0 saturated carbocycles. The van der Waals surface area contributed by atoms with Gasteiger partial charge in [0, 0.05) is 11.6 Å². The van der Waals surface area contributed by atoms with Gasteiger partial charge in [-0.3, -0.25) is 0 Å². The first kappa shape index (κ1) is 20.6. The van der Waals surface area contributed by atoms with Gasteiger partial charge < -0.3 is 14.7 Å². The largest absolute Gasteiger partial charge is 0.465 e. The van der Waals surface area contributed by atoms with Gasteiger partial charge in [-0.05, 0) is 47.4 Å². The van der Waals surface area contributed by atoms with Crippen molar-refractivity contribution in [1.29, 1.82) is 0 Å². The standard InChI is InChI=1S/C20H33N3O2Si/c1-13(2)26(14(3)4,15(5)6)23-11-9-17-16(8-10-21)18(20(24)25-7)12-22-19(17)23/h9,11-15H,8,10,21H2,1-7H3. The van der Waals surface area contributed by atoms with Crippen LogP contribution in [-0.4, -0.2) is 37.1 Å². The first-order valence-electron chi connectivity index (χ1n) is 9.51. The van der Waals surface area contributed by atoms with Crippen LogP contribution in [0.25, 0.3) is 11.0 Å². The number of nitrogens with zero attached hydrogens (tertiary/aromatic N) is 2. The fourth-order valence-electron chi connectivity index (χ4n) is 4.99. The van der Waals surface area contributed by atoms with Crippen LogP contribution in [0.3, 0.4) is 0 Å². The van der Waals surface area contributed by atoms with E-state index in [1.54, 1.807) is 6.20 Å². The molecule has 2 N–H and O–H groups in total. The van der Waals surface area contributed by atoms with Crippen molar-refractivity contribution in [1.82, 2.24) is 9.22 Å². The minimum absolute atomic E-state index is 0.351. The number of fused-ring (bicyclic) bond motifs is 1. The Labute approximate surface area is 158 Å². The van der Waals surface area contributed by atoms with Gasteiger partial charge in [0.1, 0.15) is 5.65 Å². The molecule has 0 amide bonds. The predicted octanol–water partition coefficient (Wildman–Crippen LogP) is 4.35. The Morgan fingerprint density at radius 3 is 2.23 bits per heavy atom. The molecule has 5 nitrogen and oxygen atoms in total. The highest BCUT2D eigenvalue weighted by Crippen LogP contribution is 2.44. The van der Waals surface area contributed by atoms with Crippen LogP contribution in [0.1, 0.15) is 57.5 Å². The maximum atomic E-state index is 12.2. The molecule has 0 atom stereocenters. The molecule has 144 valence electrons. The van der Waals surface area contributed by atoms with Gasteiger partial charge in [0.05, 0.1) is 12.7 Å². The van der Waals surface area contributed by atoms with E-state index < -0.39 is 8.24 Å². The van der Waals surface area contributed by atoms with E-state index in [1.807, 2.05) is 0 Å². The molecular weight excluding hydrogens is 342 g/mol. The van der Waals surface area contributed by atoms with E-state index in [9.17, 15) is 4.79 Å². The van der Waals surface area contributed by atoms with Crippen molar-refractivity contribution in [2.45, 2.75) is 64.6 Å². The zero-order valence-electron chi connectivity index (χ0n) is 17.2. The summed E-state index contributed by atoms with van der Waals surface area (Å²) in [6, 6.07) is 2.11. The van der Waals surface area contributed by atoms with Crippen molar-refractivity contribution in [3.05, 3.63) is 29.6 Å². The lowest BCUT2D eigenvalue weighted by atomic mass is 10.0. The Morgan fingerprint density at radius 2 is 1.77 bits per heavy atom. The van der Waals surface area contributed by atoms with Crippen LogP contribution in [0.4, 0.5) is 0 Å². The van der Waals surface area contributed by atoms with Crippen molar-refractivity contribution in [3.63, 3.8) is 0 Å². The number of carbonyl (C=O) groups is 1. The molecule has 2 aromatic heterocycles. The molecular formula is C20H33N3O2Si. The van der Waals surface area contributed by atoms with Crippen molar-refractivity contribution in [2.24, 2.45) is 5.73 Å². The number of aromatic nitrogens is 2. The van der Waals surface area contributed by atoms with E-state index >= 15 is 0 Å². The fraction of sp³-hybridized carbons (Fsp3) is 0.600. The van der Waals surface area contributed by atoms with Crippen molar-refractivity contribution >= 4 is 25.2 Å². The first-order valence-corrected chi connectivity index (χ1v) is 11.7. The minimum Gasteiger partial charge on any atom is -0.465 e. The maximum absolute atomic E-state index is 12.2. The number of hydrogen-bond donors (Lipinski definition) is 1. The van der Waals surface area contributed by atoms with Gasteiger partial charge in [-0.15, -0.1) is 0 Å². The summed E-state index contributed by atoms with van der Waals surface area (Å²) in [6.45, 7) is 14.5. The van der Waals surface area contributed by atoms with Gasteiger partial charge in [0.25, 0.3) is 0 Å². The van der Waals surface area contributed by atoms with Crippen molar-refractivity contribution < 1.29 is 9.53 Å². The number of rotatable bonds is 7. The molecule has 6 heteroatoms. The minimum atomic E-state index is -1.91. The zero-order valence-corrected chi connectivity index (χ0v) is 18.2. The van der Waals surface area contributed by atoms with Crippen LogP contribution in [0.5, 0.6) is 0 Å². The number of nitrogens with two attached hydrogens (primary N) is 1. The Balaban J connectivity index is 2.82. The van der Waals surface area contributed by atoms with Crippen LogP contribution >= 0.6 is 0 Å². The molecule has 2 rings (SSSR count). The number of hydrogen-bond acceptors (Lipinski definition) is 4. The highest BCUT2D eigenvalue weighted by molar-refractivity contribution is 6.82. The smallest absolute Gasteiger partial charge is 0.339 e. The first-order chi connectivity index (χ1) is 12.2. The van der Waals surface area contributed by atoms with E-state index in [2.05, 4.69) is 58.0 Å². The molecule has 0 bridgehead atoms. The van der Waals surface area contributed by atoms with Crippen LogP contribution in [0.15, 0.2) is 18.5 Å². The highest BCUT2D eigenvalue weighted by atomic mass is 28.3. The molecule has 0 aromatic carbocycles. The average molecular weight is 376 g/mol. The topological polar surface area (TPSA) is 70.1 Å². The SMILES string of the molecule is COC(=O)c1cnc2c(ccn2[Si](C(C)C)(C(C)C)C(C)C)c1CCN. The normalized spacial score (nSPS) is 12.6. The Hall–Kier alpha value is -1.66. The third-order valence-corrected chi connectivity index (χ3v) is 12.6. The van der Waals surface area contributed by atoms with E-state index in [0.717, 1.165) is 16.6 Å². The van der Waals surface area contributed by atoms with Crippen LogP contribution in [-0.2, 0) is 11.2 Å². The number of methoxy groups -OCH3 is 1. The molecule has 0 aliphatic heterocycles. The molecule has 0 aliphatic rings. The fourth-order valence-corrected chi connectivity index (χ4v) is 11.5. The average Bonchev–Trinajstić information content (AvgIpc) is 2.99. The second kappa shape index (κ2) is 7.92. The summed E-state index contributed by atoms with van der Waals surface area (Å²) in [5.74, 6) is -0.351. The lowest BCUT2D eigenvalue weighted by Crippen LogP contribution is -2.51. The van der Waals surface area contributed by atoms with Gasteiger partial charge in [-0.25, -0.2) is 9.78 Å². The zero-order chi connectivity index (χ0) is 19.6. The quantitative estimate of drug-likeness (QED) is 0.577. The number of esters is 1. The van der Waals surface area contributed by atoms with Crippen LogP contribution < -0.4 is 5.73 Å². The maximum Gasteiger partial charge on any atom is 0.339 e. The van der Waals surface area contributed by atoms with Gasteiger partial charge >= 0.3 is 5.97 Å². The summed E-state index contributed by atoms with van der Waals surface area (Å²) >= 11 is 0. The van der Waals surface area contributed by atoms with E-state index in [4.69, 9.17) is 15.5 Å². The third-order valence-electron chi connectivity index (χ3n) is 5.82.